The highest BCUT2D eigenvalue weighted by Gasteiger charge is 2.46. The second-order valence-electron chi connectivity index (χ2n) is 10.4. The molecule has 7 heteroatoms. The molecule has 3 N–H and O–H groups in total. The van der Waals surface area contributed by atoms with Gasteiger partial charge >= 0.3 is 0 Å². The first-order chi connectivity index (χ1) is 15.8. The van der Waals surface area contributed by atoms with Crippen molar-refractivity contribution in [2.24, 2.45) is 34.8 Å². The van der Waals surface area contributed by atoms with Crippen molar-refractivity contribution in [1.29, 1.82) is 0 Å². The van der Waals surface area contributed by atoms with E-state index in [0.29, 0.717) is 25.2 Å². The third-order valence-corrected chi connectivity index (χ3v) is 8.19. The van der Waals surface area contributed by atoms with Gasteiger partial charge in [-0.3, -0.25) is 0 Å². The first-order valence-corrected chi connectivity index (χ1v) is 12.3. The minimum absolute atomic E-state index is 0.0597. The maximum atomic E-state index is 13.6. The van der Waals surface area contributed by atoms with E-state index in [9.17, 15) is 8.78 Å². The molecule has 2 aromatic heterocycles. The highest BCUT2D eigenvalue weighted by molar-refractivity contribution is 5.40. The number of imidazole rings is 1. The van der Waals surface area contributed by atoms with E-state index in [4.69, 9.17) is 15.8 Å². The molecule has 3 fully saturated rings. The summed E-state index contributed by atoms with van der Waals surface area (Å²) < 4.78 is 29.1. The Bertz CT molecular complexity index is 1030. The van der Waals surface area contributed by atoms with Crippen LogP contribution in [-0.2, 0) is 6.42 Å². The molecule has 0 radical (unpaired) electrons. The Morgan fingerprint density at radius 2 is 1.94 bits per heavy atom. The van der Waals surface area contributed by atoms with Crippen molar-refractivity contribution in [3.05, 3.63) is 54.1 Å². The van der Waals surface area contributed by atoms with Gasteiger partial charge in [0.1, 0.15) is 0 Å². The van der Waals surface area contributed by atoms with Gasteiger partial charge in [-0.25, -0.2) is 18.3 Å². The summed E-state index contributed by atoms with van der Waals surface area (Å²) in [5.41, 5.74) is 10.2. The number of nitrogens with two attached hydrogens (primary N) is 1. The van der Waals surface area contributed by atoms with E-state index in [1.165, 1.54) is 25.7 Å². The van der Waals surface area contributed by atoms with Gasteiger partial charge in [0.05, 0.1) is 23.6 Å². The number of fused-ring (bicyclic) bond motifs is 1. The van der Waals surface area contributed by atoms with Crippen molar-refractivity contribution in [3.8, 4) is 0 Å². The molecule has 1 saturated heterocycles. The number of alkyl halides is 2. The predicted molar refractivity (Wildman–Crippen MR) is 126 cm³/mol. The van der Waals surface area contributed by atoms with E-state index in [1.807, 2.05) is 25.3 Å². The first kappa shape index (κ1) is 22.5. The maximum Gasteiger partial charge on any atom is 0.243 e. The van der Waals surface area contributed by atoms with E-state index in [-0.39, 0.29) is 12.6 Å². The molecule has 5 nitrogen and oxygen atoms in total. The second-order valence-corrected chi connectivity index (χ2v) is 10.4. The van der Waals surface area contributed by atoms with Gasteiger partial charge in [0.25, 0.3) is 0 Å². The molecule has 5 rings (SSSR count). The molecule has 3 heterocycles. The van der Waals surface area contributed by atoms with E-state index in [2.05, 4.69) is 18.5 Å². The third kappa shape index (κ3) is 4.20. The minimum atomic E-state index is -2.38. The summed E-state index contributed by atoms with van der Waals surface area (Å²) in [6.07, 6.45) is 6.22. The fraction of sp³-hybridized carbons (Fsp3) is 0.615. The number of allylic oxidation sites excluding steroid dienone is 1. The Labute approximate surface area is 194 Å². The van der Waals surface area contributed by atoms with Crippen LogP contribution >= 0.6 is 0 Å². The van der Waals surface area contributed by atoms with Crippen LogP contribution in [0.3, 0.4) is 0 Å². The first-order valence-electron chi connectivity index (χ1n) is 12.3. The number of rotatable bonds is 9. The Morgan fingerprint density at radius 1 is 1.24 bits per heavy atom. The average molecular weight is 456 g/mol. The lowest BCUT2D eigenvalue weighted by atomic mass is 9.66. The quantitative estimate of drug-likeness (QED) is 0.519. The van der Waals surface area contributed by atoms with Gasteiger partial charge in [-0.2, -0.15) is 5.10 Å². The zero-order valence-electron chi connectivity index (χ0n) is 19.4. The van der Waals surface area contributed by atoms with Gasteiger partial charge in [-0.1, -0.05) is 25.7 Å². The molecule has 0 amide bonds. The van der Waals surface area contributed by atoms with E-state index in [0.717, 1.165) is 40.1 Å². The van der Waals surface area contributed by atoms with Crippen LogP contribution in [0.25, 0.3) is 5.65 Å². The largest absolute Gasteiger partial charge is 0.388 e. The molecular weight excluding hydrogens is 420 g/mol. The molecule has 3 atom stereocenters. The Kier molecular flexibility index (Phi) is 5.79. The van der Waals surface area contributed by atoms with E-state index in [1.54, 1.807) is 4.52 Å². The van der Waals surface area contributed by atoms with Crippen LogP contribution < -0.4 is 11.1 Å². The summed E-state index contributed by atoms with van der Waals surface area (Å²) in [5.74, 6) is 1.28. The lowest BCUT2D eigenvalue weighted by Crippen LogP contribution is -2.46. The van der Waals surface area contributed by atoms with Crippen LogP contribution in [-0.4, -0.2) is 27.6 Å². The number of aromatic nitrogens is 3. The van der Waals surface area contributed by atoms with E-state index >= 15 is 0 Å². The average Bonchev–Trinajstić information content (AvgIpc) is 3.74. The summed E-state index contributed by atoms with van der Waals surface area (Å²) in [6.45, 7) is 10.7. The smallest absolute Gasteiger partial charge is 0.243 e. The summed E-state index contributed by atoms with van der Waals surface area (Å²) in [7, 11) is 0. The topological polar surface area (TPSA) is 68.2 Å². The van der Waals surface area contributed by atoms with Crippen LogP contribution in [0.4, 0.5) is 8.78 Å². The fourth-order valence-electron chi connectivity index (χ4n) is 5.88. The number of nitrogens with one attached hydrogen (secondary N) is 1. The predicted octanol–water partition coefficient (Wildman–Crippen LogP) is 5.05. The monoisotopic (exact) mass is 455 g/mol. The highest BCUT2D eigenvalue weighted by atomic mass is 19.3. The number of halogens is 2. The molecule has 33 heavy (non-hydrogen) atoms. The molecule has 2 aromatic rings. The van der Waals surface area contributed by atoms with Crippen molar-refractivity contribution in [3.63, 3.8) is 0 Å². The van der Waals surface area contributed by atoms with Crippen LogP contribution in [0.15, 0.2) is 42.8 Å². The van der Waals surface area contributed by atoms with Gasteiger partial charge < -0.3 is 11.1 Å². The molecule has 0 bridgehead atoms. The van der Waals surface area contributed by atoms with Gasteiger partial charge in [-0.05, 0) is 68.4 Å². The summed E-state index contributed by atoms with van der Waals surface area (Å²) in [6, 6.07) is 3.84. The standard InChI is InChI=1S/C26H35F2N5/c1-4-15(2)26(11-19(25(27)28)13-30-16(26)3)12-20-9-10-22-31-21(14-33(22)32-20)24(29)23(17-5-6-17)18-7-8-18/h9-10,14,17-19,23-25,30H,2-8,11-13,29H2,1H3. The van der Waals surface area contributed by atoms with Gasteiger partial charge in [0.15, 0.2) is 5.65 Å². The van der Waals surface area contributed by atoms with Crippen LogP contribution in [0.1, 0.15) is 62.9 Å². The Balaban J connectivity index is 1.42. The zero-order valence-corrected chi connectivity index (χ0v) is 19.4. The Hall–Kier alpha value is -2.28. The summed E-state index contributed by atoms with van der Waals surface area (Å²) in [4.78, 5) is 4.79. The summed E-state index contributed by atoms with van der Waals surface area (Å²) >= 11 is 0. The molecule has 2 aliphatic carbocycles. The van der Waals surface area contributed by atoms with Crippen molar-refractivity contribution in [2.45, 2.75) is 64.3 Å². The molecule has 178 valence electrons. The van der Waals surface area contributed by atoms with Crippen LogP contribution in [0, 0.1) is 29.1 Å². The molecule has 3 aliphatic rings. The molecule has 2 saturated carbocycles. The molecule has 1 aliphatic heterocycles. The lowest BCUT2D eigenvalue weighted by molar-refractivity contribution is 0.0431. The van der Waals surface area contributed by atoms with Gasteiger partial charge in [0, 0.05) is 30.0 Å². The van der Waals surface area contributed by atoms with Gasteiger partial charge in [0.2, 0.25) is 6.43 Å². The van der Waals surface area contributed by atoms with Crippen LogP contribution in [0.2, 0.25) is 0 Å². The number of hydrogen-bond donors (Lipinski definition) is 2. The number of piperidine rings is 1. The van der Waals surface area contributed by atoms with Gasteiger partial charge in [-0.15, -0.1) is 0 Å². The number of hydrogen-bond acceptors (Lipinski definition) is 4. The van der Waals surface area contributed by atoms with Crippen molar-refractivity contribution in [1.82, 2.24) is 19.9 Å². The highest BCUT2D eigenvalue weighted by Crippen LogP contribution is 2.53. The second kappa shape index (κ2) is 8.49. The molecular formula is C26H35F2N5. The summed E-state index contributed by atoms with van der Waals surface area (Å²) in [5, 5.41) is 7.96. The maximum absolute atomic E-state index is 13.6. The Morgan fingerprint density at radius 3 is 2.55 bits per heavy atom. The van der Waals surface area contributed by atoms with Crippen molar-refractivity contribution in [2.75, 3.05) is 6.54 Å². The molecule has 3 unspecified atom stereocenters. The fourth-order valence-corrected chi connectivity index (χ4v) is 5.88. The van der Waals surface area contributed by atoms with Crippen molar-refractivity contribution < 1.29 is 8.78 Å². The van der Waals surface area contributed by atoms with Crippen molar-refractivity contribution >= 4 is 5.65 Å². The molecule has 0 spiro atoms. The van der Waals surface area contributed by atoms with E-state index < -0.39 is 17.8 Å². The zero-order chi connectivity index (χ0) is 23.3. The third-order valence-electron chi connectivity index (χ3n) is 8.19. The molecule has 0 aromatic carbocycles. The normalized spacial score (nSPS) is 26.7. The van der Waals surface area contributed by atoms with Crippen LogP contribution in [0.5, 0.6) is 0 Å². The lowest BCUT2D eigenvalue weighted by Gasteiger charge is -2.44. The minimum Gasteiger partial charge on any atom is -0.388 e. The number of nitrogens with zero attached hydrogens (tertiary/aromatic N) is 3. The SMILES string of the molecule is C=C(CC)C1(Cc2ccc3nc(C(N)C(C4CC4)C4CC4)cn3n2)CC(C(F)F)CNC1=C.